The molecule has 0 unspecified atom stereocenters. The van der Waals surface area contributed by atoms with Crippen LogP contribution in [-0.4, -0.2) is 12.5 Å². The summed E-state index contributed by atoms with van der Waals surface area (Å²) in [7, 11) is 0. The number of carbonyl (C=O) groups is 1. The molecule has 0 aliphatic carbocycles. The first-order chi connectivity index (χ1) is 12.5. The smallest absolute Gasteiger partial charge is 0.246 e. The zero-order chi connectivity index (χ0) is 19.1. The highest BCUT2D eigenvalue weighted by Gasteiger charge is 2.11. The molecule has 0 fully saturated rings. The van der Waals surface area contributed by atoms with Gasteiger partial charge < -0.3 is 5.32 Å². The van der Waals surface area contributed by atoms with Crippen molar-refractivity contribution in [3.63, 3.8) is 0 Å². The fourth-order valence-corrected chi connectivity index (χ4v) is 2.91. The molecule has 0 atom stereocenters. The van der Waals surface area contributed by atoms with Crippen LogP contribution in [0.1, 0.15) is 43.4 Å². The van der Waals surface area contributed by atoms with Crippen LogP contribution in [0.25, 0.3) is 17.2 Å². The first-order valence-corrected chi connectivity index (χ1v) is 9.11. The van der Waals surface area contributed by atoms with Crippen LogP contribution in [0, 0.1) is 18.3 Å². The third kappa shape index (κ3) is 4.97. The largest absolute Gasteiger partial charge is 0.352 e. The number of unbranched alkanes of at least 4 members (excludes halogenated alkanes) is 1. The minimum absolute atomic E-state index is 0.0792. The Morgan fingerprint density at radius 1 is 1.31 bits per heavy atom. The average Bonchev–Trinajstić information content (AvgIpc) is 2.63. The lowest BCUT2D eigenvalue weighted by molar-refractivity contribution is -0.117. The van der Waals surface area contributed by atoms with Crippen molar-refractivity contribution in [3.8, 4) is 17.2 Å². The van der Waals surface area contributed by atoms with Crippen LogP contribution in [-0.2, 0) is 4.79 Å². The van der Waals surface area contributed by atoms with Gasteiger partial charge >= 0.3 is 0 Å². The zero-order valence-electron chi connectivity index (χ0n) is 15.4. The number of benzene rings is 2. The molecule has 2 rings (SSSR count). The molecule has 2 aromatic carbocycles. The van der Waals surface area contributed by atoms with Crippen molar-refractivity contribution in [1.82, 2.24) is 5.32 Å². The molecule has 0 heterocycles. The molecule has 0 radical (unpaired) electrons. The summed E-state index contributed by atoms with van der Waals surface area (Å²) in [5.74, 6) is -0.0792. The Morgan fingerprint density at radius 2 is 2.08 bits per heavy atom. The summed E-state index contributed by atoms with van der Waals surface area (Å²) < 4.78 is 0. The van der Waals surface area contributed by atoms with E-state index in [2.05, 4.69) is 18.3 Å². The van der Waals surface area contributed by atoms with Crippen molar-refractivity contribution >= 4 is 23.6 Å². The van der Waals surface area contributed by atoms with Crippen molar-refractivity contribution in [2.75, 3.05) is 6.54 Å². The van der Waals surface area contributed by atoms with E-state index in [0.29, 0.717) is 22.7 Å². The van der Waals surface area contributed by atoms with Gasteiger partial charge in [-0.1, -0.05) is 37.1 Å². The fraction of sp³-hybridized carbons (Fsp3) is 0.273. The van der Waals surface area contributed by atoms with Crippen LogP contribution in [0.3, 0.4) is 0 Å². The van der Waals surface area contributed by atoms with Crippen molar-refractivity contribution in [1.29, 1.82) is 5.26 Å². The first kappa shape index (κ1) is 19.8. The lowest BCUT2D eigenvalue weighted by atomic mass is 9.93. The molecular weight excluding hydrogens is 344 g/mol. The van der Waals surface area contributed by atoms with E-state index in [9.17, 15) is 10.1 Å². The number of nitrogens with one attached hydrogen (secondary N) is 1. The van der Waals surface area contributed by atoms with E-state index in [0.717, 1.165) is 35.1 Å². The molecule has 3 nitrogen and oxygen atoms in total. The first-order valence-electron chi connectivity index (χ1n) is 8.73. The van der Waals surface area contributed by atoms with Crippen LogP contribution >= 0.6 is 11.6 Å². The SMILES string of the molecule is CCCCNC(=O)/C(C)=C/c1cc(C#N)cc(-c2cccc(Cl)c2)c1C. The molecule has 26 heavy (non-hydrogen) atoms. The van der Waals surface area contributed by atoms with Crippen molar-refractivity contribution in [3.05, 3.63) is 63.7 Å². The fourth-order valence-electron chi connectivity index (χ4n) is 2.72. The Hall–Kier alpha value is -2.57. The average molecular weight is 367 g/mol. The van der Waals surface area contributed by atoms with E-state index < -0.39 is 0 Å². The van der Waals surface area contributed by atoms with Gasteiger partial charge in [-0.15, -0.1) is 0 Å². The molecule has 0 aliphatic rings. The number of rotatable bonds is 6. The van der Waals surface area contributed by atoms with E-state index in [4.69, 9.17) is 11.6 Å². The maximum atomic E-state index is 12.2. The second-order valence-electron chi connectivity index (χ2n) is 6.30. The molecule has 1 amide bonds. The van der Waals surface area contributed by atoms with Crippen LogP contribution in [0.5, 0.6) is 0 Å². The van der Waals surface area contributed by atoms with Crippen molar-refractivity contribution in [2.45, 2.75) is 33.6 Å². The zero-order valence-corrected chi connectivity index (χ0v) is 16.2. The summed E-state index contributed by atoms with van der Waals surface area (Å²) >= 11 is 6.12. The minimum Gasteiger partial charge on any atom is -0.352 e. The molecule has 0 spiro atoms. The standard InChI is InChI=1S/C22H23ClN2O/c1-4-5-9-25-22(26)15(2)10-19-11-17(14-24)12-21(16(19)3)18-7-6-8-20(23)13-18/h6-8,10-13H,4-5,9H2,1-3H3,(H,25,26)/b15-10+. The van der Waals surface area contributed by atoms with Gasteiger partial charge in [0.1, 0.15) is 0 Å². The van der Waals surface area contributed by atoms with Gasteiger partial charge in [0, 0.05) is 17.1 Å². The Morgan fingerprint density at radius 3 is 2.73 bits per heavy atom. The molecule has 4 heteroatoms. The molecular formula is C22H23ClN2O. The molecule has 0 saturated carbocycles. The number of hydrogen-bond acceptors (Lipinski definition) is 2. The van der Waals surface area contributed by atoms with Crippen LogP contribution < -0.4 is 5.32 Å². The summed E-state index contributed by atoms with van der Waals surface area (Å²) in [5.41, 5.74) is 4.94. The lowest BCUT2D eigenvalue weighted by Crippen LogP contribution is -2.24. The van der Waals surface area contributed by atoms with Gasteiger partial charge in [0.15, 0.2) is 0 Å². The van der Waals surface area contributed by atoms with E-state index in [1.54, 1.807) is 6.92 Å². The van der Waals surface area contributed by atoms with Crippen molar-refractivity contribution < 1.29 is 4.79 Å². The normalized spacial score (nSPS) is 11.1. The molecule has 0 bridgehead atoms. The van der Waals surface area contributed by atoms with Crippen LogP contribution in [0.15, 0.2) is 42.0 Å². The molecule has 0 saturated heterocycles. The Balaban J connectivity index is 2.43. The summed E-state index contributed by atoms with van der Waals surface area (Å²) in [4.78, 5) is 12.2. The number of hydrogen-bond donors (Lipinski definition) is 1. The number of nitriles is 1. The highest BCUT2D eigenvalue weighted by Crippen LogP contribution is 2.30. The molecule has 2 aromatic rings. The highest BCUT2D eigenvalue weighted by molar-refractivity contribution is 6.30. The molecule has 134 valence electrons. The van der Waals surface area contributed by atoms with Gasteiger partial charge in [-0.25, -0.2) is 0 Å². The summed E-state index contributed by atoms with van der Waals surface area (Å²) in [6.45, 7) is 6.54. The Bertz CT molecular complexity index is 878. The van der Waals surface area contributed by atoms with Crippen LogP contribution in [0.2, 0.25) is 5.02 Å². The number of halogens is 1. The van der Waals surface area contributed by atoms with Crippen LogP contribution in [0.4, 0.5) is 0 Å². The third-order valence-corrected chi connectivity index (χ3v) is 4.49. The maximum absolute atomic E-state index is 12.2. The molecule has 1 N–H and O–H groups in total. The number of nitrogens with zero attached hydrogens (tertiary/aromatic N) is 1. The minimum atomic E-state index is -0.0792. The van der Waals surface area contributed by atoms with E-state index in [-0.39, 0.29) is 5.91 Å². The molecule has 0 aliphatic heterocycles. The van der Waals surface area contributed by atoms with Gasteiger partial charge in [0.05, 0.1) is 11.6 Å². The maximum Gasteiger partial charge on any atom is 0.246 e. The second-order valence-corrected chi connectivity index (χ2v) is 6.73. The van der Waals surface area contributed by atoms with Gasteiger partial charge in [-0.05, 0) is 72.9 Å². The van der Waals surface area contributed by atoms with Gasteiger partial charge in [0.25, 0.3) is 0 Å². The molecule has 0 aromatic heterocycles. The Kier molecular flexibility index (Phi) is 7.00. The summed E-state index contributed by atoms with van der Waals surface area (Å²) in [5, 5.41) is 13.0. The predicted molar refractivity (Wildman–Crippen MR) is 108 cm³/mol. The second kappa shape index (κ2) is 9.22. The number of amides is 1. The van der Waals surface area contributed by atoms with Gasteiger partial charge in [-0.2, -0.15) is 5.26 Å². The third-order valence-electron chi connectivity index (χ3n) is 4.26. The summed E-state index contributed by atoms with van der Waals surface area (Å²) in [6, 6.07) is 13.4. The quantitative estimate of drug-likeness (QED) is 0.541. The predicted octanol–water partition coefficient (Wildman–Crippen LogP) is 5.51. The number of carbonyl (C=O) groups excluding carboxylic acids is 1. The van der Waals surface area contributed by atoms with E-state index in [1.165, 1.54) is 0 Å². The Labute approximate surface area is 160 Å². The summed E-state index contributed by atoms with van der Waals surface area (Å²) in [6.07, 6.45) is 3.84. The lowest BCUT2D eigenvalue weighted by Gasteiger charge is -2.12. The van der Waals surface area contributed by atoms with E-state index >= 15 is 0 Å². The van der Waals surface area contributed by atoms with Gasteiger partial charge in [0.2, 0.25) is 5.91 Å². The van der Waals surface area contributed by atoms with Crippen molar-refractivity contribution in [2.24, 2.45) is 0 Å². The van der Waals surface area contributed by atoms with Gasteiger partial charge in [-0.3, -0.25) is 4.79 Å². The highest BCUT2D eigenvalue weighted by atomic mass is 35.5. The topological polar surface area (TPSA) is 52.9 Å². The monoisotopic (exact) mass is 366 g/mol. The van der Waals surface area contributed by atoms with E-state index in [1.807, 2.05) is 49.4 Å².